The van der Waals surface area contributed by atoms with Gasteiger partial charge in [0.25, 0.3) is 5.91 Å². The molecule has 5 rings (SSSR count). The van der Waals surface area contributed by atoms with Gasteiger partial charge in [0, 0.05) is 36.0 Å². The van der Waals surface area contributed by atoms with Gasteiger partial charge in [-0.1, -0.05) is 12.8 Å². The highest BCUT2D eigenvalue weighted by Crippen LogP contribution is 2.39. The van der Waals surface area contributed by atoms with Crippen molar-refractivity contribution < 1.29 is 23.8 Å². The van der Waals surface area contributed by atoms with E-state index < -0.39 is 17.6 Å². The summed E-state index contributed by atoms with van der Waals surface area (Å²) in [5.41, 5.74) is 1.36. The molecule has 3 atom stereocenters. The van der Waals surface area contributed by atoms with E-state index in [4.69, 9.17) is 9.15 Å². The van der Waals surface area contributed by atoms with Crippen molar-refractivity contribution in [2.75, 3.05) is 19.6 Å². The van der Waals surface area contributed by atoms with Gasteiger partial charge in [-0.3, -0.25) is 9.59 Å². The monoisotopic (exact) mass is 482 g/mol. The molecule has 2 N–H and O–H groups in total. The molecule has 2 amide bonds. The summed E-state index contributed by atoms with van der Waals surface area (Å²) in [5, 5.41) is 14.4. The first kappa shape index (κ1) is 23.9. The van der Waals surface area contributed by atoms with Crippen LogP contribution in [-0.4, -0.2) is 53.2 Å². The molecular formula is C27H34N2O6. The summed E-state index contributed by atoms with van der Waals surface area (Å²) < 4.78 is 11.3. The molecule has 1 aromatic heterocycles. The SMILES string of the molecule is C[C@@H](Oc1ccc2c3c(c(=O)oc2c1)CCCC3)C(=O)NCC(=O)N1CC[C@@]2(O)CCCC[C@H]2C1. The second kappa shape index (κ2) is 9.64. The van der Waals surface area contributed by atoms with E-state index in [1.54, 1.807) is 24.0 Å². The van der Waals surface area contributed by atoms with Gasteiger partial charge in [-0.25, -0.2) is 4.79 Å². The quantitative estimate of drug-likeness (QED) is 0.635. The predicted octanol–water partition coefficient (Wildman–Crippen LogP) is 2.71. The first-order valence-electron chi connectivity index (χ1n) is 12.9. The summed E-state index contributed by atoms with van der Waals surface area (Å²) in [7, 11) is 0. The lowest BCUT2D eigenvalue weighted by molar-refractivity contribution is -0.144. The van der Waals surface area contributed by atoms with Gasteiger partial charge in [0.2, 0.25) is 5.91 Å². The Morgan fingerprint density at radius 1 is 1.20 bits per heavy atom. The molecule has 0 unspecified atom stereocenters. The molecule has 35 heavy (non-hydrogen) atoms. The topological polar surface area (TPSA) is 109 Å². The van der Waals surface area contributed by atoms with Crippen LogP contribution in [0.15, 0.2) is 27.4 Å². The van der Waals surface area contributed by atoms with Crippen molar-refractivity contribution in [1.82, 2.24) is 10.2 Å². The van der Waals surface area contributed by atoms with Crippen LogP contribution >= 0.6 is 0 Å². The maximum absolute atomic E-state index is 12.7. The molecule has 8 nitrogen and oxygen atoms in total. The van der Waals surface area contributed by atoms with Gasteiger partial charge < -0.3 is 24.5 Å². The molecule has 3 aliphatic rings. The van der Waals surface area contributed by atoms with E-state index in [0.29, 0.717) is 30.8 Å². The number of ether oxygens (including phenoxy) is 1. The van der Waals surface area contributed by atoms with Crippen LogP contribution in [0.5, 0.6) is 5.75 Å². The number of aryl methyl sites for hydroxylation is 1. The third-order valence-corrected chi connectivity index (χ3v) is 8.07. The fourth-order valence-electron chi connectivity index (χ4n) is 5.97. The number of nitrogens with zero attached hydrogens (tertiary/aromatic N) is 1. The molecule has 2 aliphatic carbocycles. The number of piperidine rings is 1. The highest BCUT2D eigenvalue weighted by Gasteiger charge is 2.43. The standard InChI is InChI=1S/C27H34N2O6/c1-17(25(31)28-15-24(30)29-13-12-27(33)11-5-4-6-18(27)16-29)34-19-9-10-21-20-7-2-3-8-22(20)26(32)35-23(21)14-19/h9-10,14,17-18,33H,2-8,11-13,15-16H2,1H3,(H,28,31)/t17-,18+,27+/m1/s1. The molecule has 0 spiro atoms. The minimum absolute atomic E-state index is 0.101. The summed E-state index contributed by atoms with van der Waals surface area (Å²) in [6.45, 7) is 2.58. The fourth-order valence-corrected chi connectivity index (χ4v) is 5.97. The van der Waals surface area contributed by atoms with Crippen LogP contribution in [0, 0.1) is 5.92 Å². The van der Waals surface area contributed by atoms with Crippen molar-refractivity contribution in [3.05, 3.63) is 39.7 Å². The Balaban J connectivity index is 1.17. The van der Waals surface area contributed by atoms with E-state index in [2.05, 4.69) is 5.32 Å². The Bertz CT molecular complexity index is 1190. The van der Waals surface area contributed by atoms with E-state index >= 15 is 0 Å². The number of likely N-dealkylation sites (tertiary alicyclic amines) is 1. The molecular weight excluding hydrogens is 448 g/mol. The third-order valence-electron chi connectivity index (χ3n) is 8.07. The molecule has 0 radical (unpaired) electrons. The van der Waals surface area contributed by atoms with Crippen LogP contribution in [-0.2, 0) is 22.4 Å². The van der Waals surface area contributed by atoms with Crippen LogP contribution in [0.25, 0.3) is 11.0 Å². The lowest BCUT2D eigenvalue weighted by atomic mass is 9.71. The van der Waals surface area contributed by atoms with Crippen LogP contribution in [0.4, 0.5) is 0 Å². The maximum atomic E-state index is 12.7. The molecule has 0 bridgehead atoms. The molecule has 8 heteroatoms. The summed E-state index contributed by atoms with van der Waals surface area (Å²) in [6.07, 6.45) is 7.31. The second-order valence-corrected chi connectivity index (χ2v) is 10.3. The number of nitrogens with one attached hydrogen (secondary N) is 1. The Morgan fingerprint density at radius 2 is 2.00 bits per heavy atom. The van der Waals surface area contributed by atoms with Gasteiger partial charge in [-0.15, -0.1) is 0 Å². The van der Waals surface area contributed by atoms with Crippen molar-refractivity contribution >= 4 is 22.8 Å². The minimum Gasteiger partial charge on any atom is -0.481 e. The number of amides is 2. The average Bonchev–Trinajstić information content (AvgIpc) is 2.86. The largest absolute Gasteiger partial charge is 0.481 e. The number of carbonyl (C=O) groups excluding carboxylic acids is 2. The number of fused-ring (bicyclic) bond motifs is 4. The smallest absolute Gasteiger partial charge is 0.339 e. The highest BCUT2D eigenvalue weighted by atomic mass is 16.5. The molecule has 2 aromatic rings. The van der Waals surface area contributed by atoms with E-state index in [0.717, 1.165) is 67.9 Å². The van der Waals surface area contributed by atoms with Gasteiger partial charge in [0.05, 0.1) is 12.1 Å². The summed E-state index contributed by atoms with van der Waals surface area (Å²) in [5.74, 6) is 0.00965. The second-order valence-electron chi connectivity index (χ2n) is 10.3. The predicted molar refractivity (Wildman–Crippen MR) is 130 cm³/mol. The van der Waals surface area contributed by atoms with E-state index in [1.807, 2.05) is 6.07 Å². The normalized spacial score (nSPS) is 24.9. The molecule has 2 heterocycles. The number of carbonyl (C=O) groups is 2. The Morgan fingerprint density at radius 3 is 2.83 bits per heavy atom. The lowest BCUT2D eigenvalue weighted by Crippen LogP contribution is -2.56. The van der Waals surface area contributed by atoms with E-state index in [-0.39, 0.29) is 24.0 Å². The number of rotatable bonds is 5. The fraction of sp³-hybridized carbons (Fsp3) is 0.593. The first-order chi connectivity index (χ1) is 16.8. The van der Waals surface area contributed by atoms with E-state index in [1.165, 1.54) is 0 Å². The van der Waals surface area contributed by atoms with Crippen molar-refractivity contribution in [2.45, 2.75) is 76.4 Å². The summed E-state index contributed by atoms with van der Waals surface area (Å²) in [4.78, 5) is 39.4. The van der Waals surface area contributed by atoms with Crippen LogP contribution in [0.2, 0.25) is 0 Å². The molecule has 1 saturated carbocycles. The first-order valence-corrected chi connectivity index (χ1v) is 12.9. The van der Waals surface area contributed by atoms with Crippen molar-refractivity contribution in [2.24, 2.45) is 5.92 Å². The zero-order valence-electron chi connectivity index (χ0n) is 20.3. The molecule has 1 aliphatic heterocycles. The van der Waals surface area contributed by atoms with E-state index in [9.17, 15) is 19.5 Å². The number of benzene rings is 1. The van der Waals surface area contributed by atoms with Gasteiger partial charge in [-0.05, 0) is 69.6 Å². The summed E-state index contributed by atoms with van der Waals surface area (Å²) in [6, 6.07) is 5.32. The lowest BCUT2D eigenvalue weighted by Gasteiger charge is -2.47. The van der Waals surface area contributed by atoms with Gasteiger partial charge in [-0.2, -0.15) is 0 Å². The zero-order valence-corrected chi connectivity index (χ0v) is 20.3. The summed E-state index contributed by atoms with van der Waals surface area (Å²) >= 11 is 0. The van der Waals surface area contributed by atoms with Crippen LogP contribution in [0.3, 0.4) is 0 Å². The molecule has 1 saturated heterocycles. The molecule has 188 valence electrons. The minimum atomic E-state index is -0.825. The Kier molecular flexibility index (Phi) is 6.57. The van der Waals surface area contributed by atoms with Crippen molar-refractivity contribution in [1.29, 1.82) is 0 Å². The Labute approximate surface area is 204 Å². The zero-order chi connectivity index (χ0) is 24.6. The third kappa shape index (κ3) is 4.81. The highest BCUT2D eigenvalue weighted by molar-refractivity contribution is 5.87. The van der Waals surface area contributed by atoms with Gasteiger partial charge >= 0.3 is 5.63 Å². The average molecular weight is 483 g/mol. The number of hydrogen-bond donors (Lipinski definition) is 2. The van der Waals surface area contributed by atoms with Gasteiger partial charge in [0.1, 0.15) is 11.3 Å². The molecule has 2 fully saturated rings. The van der Waals surface area contributed by atoms with Crippen molar-refractivity contribution in [3.63, 3.8) is 0 Å². The van der Waals surface area contributed by atoms with Crippen LogP contribution < -0.4 is 15.7 Å². The number of hydrogen-bond acceptors (Lipinski definition) is 6. The maximum Gasteiger partial charge on any atom is 0.339 e. The Hall–Kier alpha value is -2.87. The van der Waals surface area contributed by atoms with Crippen molar-refractivity contribution in [3.8, 4) is 5.75 Å². The number of aliphatic hydroxyl groups is 1. The van der Waals surface area contributed by atoms with Crippen LogP contribution in [0.1, 0.15) is 63.0 Å². The van der Waals surface area contributed by atoms with Gasteiger partial charge in [0.15, 0.2) is 6.10 Å². The molecule has 1 aromatic carbocycles.